The molecule has 1 saturated heterocycles. The number of likely N-dealkylation sites (tertiary alicyclic amines) is 1. The van der Waals surface area contributed by atoms with Gasteiger partial charge in [0, 0.05) is 30.6 Å². The first kappa shape index (κ1) is 20.9. The Morgan fingerprint density at radius 2 is 1.94 bits per heavy atom. The molecule has 172 valence electrons. The zero-order chi connectivity index (χ0) is 21.7. The molecule has 0 radical (unpaired) electrons. The summed E-state index contributed by atoms with van der Waals surface area (Å²) in [6.45, 7) is 3.40. The highest BCUT2D eigenvalue weighted by Crippen LogP contribution is 2.56. The molecule has 0 aromatic carbocycles. The average Bonchev–Trinajstić information content (AvgIpc) is 3.25. The number of ketones is 1. The lowest BCUT2D eigenvalue weighted by molar-refractivity contribution is -0.129. The van der Waals surface area contributed by atoms with E-state index in [4.69, 9.17) is 0 Å². The summed E-state index contributed by atoms with van der Waals surface area (Å²) in [7, 11) is 0. The van der Waals surface area contributed by atoms with E-state index in [1.54, 1.807) is 0 Å². The van der Waals surface area contributed by atoms with E-state index in [9.17, 15) is 9.90 Å². The van der Waals surface area contributed by atoms with Crippen LogP contribution in [0.2, 0.25) is 0 Å². The number of nitrogens with zero attached hydrogens (tertiary/aromatic N) is 2. The first-order valence-corrected chi connectivity index (χ1v) is 13.0. The number of nitrogens with one attached hydrogen (secondary N) is 1. The molecule has 1 aromatic rings. The molecule has 4 bridgehead atoms. The number of carbonyl (C=O) groups excluding carboxylic acids is 1. The second kappa shape index (κ2) is 8.25. The smallest absolute Gasteiger partial charge is 0.166 e. The lowest BCUT2D eigenvalue weighted by atomic mass is 9.52. The van der Waals surface area contributed by atoms with Crippen molar-refractivity contribution < 1.29 is 9.90 Å². The van der Waals surface area contributed by atoms with Crippen molar-refractivity contribution in [3.8, 4) is 0 Å². The standard InChI is InChI=1S/C27H37N3O2/c31-24(8-5-11-30-9-2-1-3-10-30)22-17-28-23-7-4-6-21(23)26(22)29-25-19-12-18-13-20(25)16-27(32,14-18)15-19/h4,6,17-20,25,32H,1-3,5,7-16H2,(H,28,29). The van der Waals surface area contributed by atoms with Gasteiger partial charge in [0.25, 0.3) is 0 Å². The van der Waals surface area contributed by atoms with E-state index in [0.29, 0.717) is 30.2 Å². The van der Waals surface area contributed by atoms with E-state index in [1.807, 2.05) is 6.20 Å². The number of pyridine rings is 1. The number of hydrogen-bond donors (Lipinski definition) is 2. The highest BCUT2D eigenvalue weighted by molar-refractivity contribution is 6.03. The Hall–Kier alpha value is -1.72. The van der Waals surface area contributed by atoms with E-state index in [-0.39, 0.29) is 5.78 Å². The second-order valence-electron chi connectivity index (χ2n) is 11.3. The Morgan fingerprint density at radius 1 is 1.16 bits per heavy atom. The predicted octanol–water partition coefficient (Wildman–Crippen LogP) is 4.45. The summed E-state index contributed by atoms with van der Waals surface area (Å²) < 4.78 is 0. The van der Waals surface area contributed by atoms with E-state index in [2.05, 4.69) is 27.4 Å². The maximum atomic E-state index is 13.3. The summed E-state index contributed by atoms with van der Waals surface area (Å²) in [6.07, 6.45) is 17.7. The van der Waals surface area contributed by atoms with Crippen LogP contribution in [0.5, 0.6) is 0 Å². The molecule has 2 heterocycles. The molecule has 1 aliphatic heterocycles. The molecule has 32 heavy (non-hydrogen) atoms. The first-order chi connectivity index (χ1) is 15.6. The zero-order valence-electron chi connectivity index (χ0n) is 19.2. The van der Waals surface area contributed by atoms with Crippen molar-refractivity contribution in [2.75, 3.05) is 25.0 Å². The van der Waals surface area contributed by atoms with Gasteiger partial charge in [-0.3, -0.25) is 9.78 Å². The molecule has 7 rings (SSSR count). The maximum Gasteiger partial charge on any atom is 0.166 e. The van der Waals surface area contributed by atoms with Crippen molar-refractivity contribution in [1.82, 2.24) is 9.88 Å². The van der Waals surface area contributed by atoms with Crippen molar-refractivity contribution >= 4 is 17.5 Å². The van der Waals surface area contributed by atoms with Crippen molar-refractivity contribution in [3.05, 3.63) is 29.1 Å². The molecular formula is C27H37N3O2. The molecule has 2 atom stereocenters. The average molecular weight is 436 g/mol. The van der Waals surface area contributed by atoms with Crippen molar-refractivity contribution in [1.29, 1.82) is 0 Å². The second-order valence-corrected chi connectivity index (χ2v) is 11.3. The van der Waals surface area contributed by atoms with Crippen molar-refractivity contribution in [3.63, 3.8) is 0 Å². The van der Waals surface area contributed by atoms with Crippen LogP contribution in [0.1, 0.15) is 85.8 Å². The fourth-order valence-electron chi connectivity index (χ4n) is 7.73. The third kappa shape index (κ3) is 3.81. The van der Waals surface area contributed by atoms with E-state index >= 15 is 0 Å². The van der Waals surface area contributed by atoms with Gasteiger partial charge in [-0.1, -0.05) is 18.6 Å². The van der Waals surface area contributed by atoms with Gasteiger partial charge in [0.1, 0.15) is 0 Å². The first-order valence-electron chi connectivity index (χ1n) is 13.0. The molecule has 5 heteroatoms. The van der Waals surface area contributed by atoms with Gasteiger partial charge in [-0.25, -0.2) is 0 Å². The van der Waals surface area contributed by atoms with Gasteiger partial charge in [-0.15, -0.1) is 0 Å². The van der Waals surface area contributed by atoms with E-state index < -0.39 is 5.60 Å². The van der Waals surface area contributed by atoms with Crippen LogP contribution in [0.15, 0.2) is 12.3 Å². The van der Waals surface area contributed by atoms with Gasteiger partial charge in [-0.2, -0.15) is 0 Å². The highest BCUT2D eigenvalue weighted by Gasteiger charge is 2.54. The quantitative estimate of drug-likeness (QED) is 0.620. The highest BCUT2D eigenvalue weighted by atomic mass is 16.3. The topological polar surface area (TPSA) is 65.5 Å². The molecule has 4 saturated carbocycles. The maximum absolute atomic E-state index is 13.3. The minimum Gasteiger partial charge on any atom is -0.390 e. The number of Topliss-reactive ketones (excluding diaryl/α,β-unsaturated/α-hetero) is 1. The van der Waals surface area contributed by atoms with Gasteiger partial charge < -0.3 is 15.3 Å². The van der Waals surface area contributed by atoms with Crippen molar-refractivity contribution in [2.24, 2.45) is 17.8 Å². The molecule has 5 nitrogen and oxygen atoms in total. The largest absolute Gasteiger partial charge is 0.390 e. The van der Waals surface area contributed by atoms with Gasteiger partial charge >= 0.3 is 0 Å². The number of hydrogen-bond acceptors (Lipinski definition) is 5. The number of carbonyl (C=O) groups is 1. The number of piperidine rings is 1. The predicted molar refractivity (Wildman–Crippen MR) is 127 cm³/mol. The van der Waals surface area contributed by atoms with Gasteiger partial charge in [0.15, 0.2) is 5.78 Å². The van der Waals surface area contributed by atoms with Crippen molar-refractivity contribution in [2.45, 2.75) is 82.3 Å². The van der Waals surface area contributed by atoms with Gasteiger partial charge in [-0.05, 0) is 88.8 Å². The summed E-state index contributed by atoms with van der Waals surface area (Å²) in [5.41, 5.74) is 3.58. The molecule has 5 aliphatic carbocycles. The van der Waals surface area contributed by atoms with Crippen LogP contribution in [0, 0.1) is 17.8 Å². The monoisotopic (exact) mass is 435 g/mol. The third-order valence-electron chi connectivity index (χ3n) is 8.97. The van der Waals surface area contributed by atoms with E-state index in [1.165, 1.54) is 45.2 Å². The number of aromatic nitrogens is 1. The number of fused-ring (bicyclic) bond motifs is 1. The normalized spacial score (nSPS) is 35.3. The number of allylic oxidation sites excluding steroid dienone is 1. The fraction of sp³-hybridized carbons (Fsp3) is 0.704. The zero-order valence-corrected chi connectivity index (χ0v) is 19.2. The molecule has 0 amide bonds. The lowest BCUT2D eigenvalue weighted by Crippen LogP contribution is -2.59. The number of aliphatic hydroxyl groups is 1. The van der Waals surface area contributed by atoms with E-state index in [0.717, 1.165) is 61.2 Å². The van der Waals surface area contributed by atoms with Crippen LogP contribution in [0.25, 0.3) is 6.08 Å². The lowest BCUT2D eigenvalue weighted by Gasteiger charge is -2.58. The Morgan fingerprint density at radius 3 is 2.69 bits per heavy atom. The van der Waals surface area contributed by atoms with Crippen LogP contribution in [0.4, 0.5) is 5.69 Å². The summed E-state index contributed by atoms with van der Waals surface area (Å²) in [6, 6.07) is 0.368. The molecule has 5 fully saturated rings. The molecular weight excluding hydrogens is 398 g/mol. The Kier molecular flexibility index (Phi) is 5.38. The van der Waals surface area contributed by atoms with Crippen LogP contribution in [-0.4, -0.2) is 52.1 Å². The SMILES string of the molecule is O=C(CCCN1CCCCC1)c1cnc2c(c1NC1C3CC4CC1CC(O)(C4)C3)C=CC2. The van der Waals surface area contributed by atoms with Gasteiger partial charge in [0.2, 0.25) is 0 Å². The third-order valence-corrected chi connectivity index (χ3v) is 8.97. The number of rotatable bonds is 7. The molecule has 1 aromatic heterocycles. The summed E-state index contributed by atoms with van der Waals surface area (Å²) in [5, 5.41) is 14.9. The Labute approximate surface area is 191 Å². The number of anilines is 1. The van der Waals surface area contributed by atoms with Gasteiger partial charge in [0.05, 0.1) is 22.5 Å². The van der Waals surface area contributed by atoms with Crippen LogP contribution >= 0.6 is 0 Å². The minimum atomic E-state index is -0.429. The molecule has 6 aliphatic rings. The molecule has 2 N–H and O–H groups in total. The van der Waals surface area contributed by atoms with Crippen LogP contribution in [-0.2, 0) is 6.42 Å². The Bertz CT molecular complexity index is 904. The summed E-state index contributed by atoms with van der Waals surface area (Å²) in [5.74, 6) is 1.95. The van der Waals surface area contributed by atoms with Crippen LogP contribution < -0.4 is 5.32 Å². The van der Waals surface area contributed by atoms with Crippen LogP contribution in [0.3, 0.4) is 0 Å². The summed E-state index contributed by atoms with van der Waals surface area (Å²) in [4.78, 5) is 20.5. The molecule has 0 spiro atoms. The summed E-state index contributed by atoms with van der Waals surface area (Å²) >= 11 is 0. The Balaban J connectivity index is 1.20. The fourth-order valence-corrected chi connectivity index (χ4v) is 7.73. The minimum absolute atomic E-state index is 0.225. The molecule has 2 unspecified atom stereocenters.